The molecule has 17 heteroatoms. The molecule has 4 heterocycles. The first-order valence-electron chi connectivity index (χ1n) is 15.3. The van der Waals surface area contributed by atoms with E-state index in [0.717, 1.165) is 16.4 Å². The highest BCUT2D eigenvalue weighted by molar-refractivity contribution is 7.89. The molecule has 1 aromatic heterocycles. The Kier molecular flexibility index (Phi) is 8.63. The third-order valence-corrected chi connectivity index (χ3v) is 10.7. The molecule has 48 heavy (non-hydrogen) atoms. The molecule has 3 aromatic rings. The number of carboxylic acid groups (broad SMARTS) is 1. The topological polar surface area (TPSA) is 191 Å². The molecule has 6 rings (SSSR count). The fourth-order valence-electron chi connectivity index (χ4n) is 6.67. The van der Waals surface area contributed by atoms with E-state index >= 15 is 0 Å². The van der Waals surface area contributed by atoms with Crippen LogP contribution in [0.5, 0.6) is 0 Å². The molecule has 0 radical (unpaired) electrons. The van der Waals surface area contributed by atoms with Gasteiger partial charge in [0, 0.05) is 55.5 Å². The Morgan fingerprint density at radius 1 is 1.04 bits per heavy atom. The quantitative estimate of drug-likeness (QED) is 0.274. The second kappa shape index (κ2) is 12.4. The first-order valence-corrected chi connectivity index (χ1v) is 16.8. The number of sulfonamides is 1. The summed E-state index contributed by atoms with van der Waals surface area (Å²) < 4.78 is 61.6. The molecular formula is C31H35F2N7O7S. The molecule has 0 bridgehead atoms. The summed E-state index contributed by atoms with van der Waals surface area (Å²) in [7, 11) is -4.39. The van der Waals surface area contributed by atoms with E-state index in [1.54, 1.807) is 18.7 Å². The van der Waals surface area contributed by atoms with Crippen molar-refractivity contribution in [3.8, 4) is 0 Å². The lowest BCUT2D eigenvalue weighted by Gasteiger charge is -2.37. The van der Waals surface area contributed by atoms with Crippen LogP contribution in [-0.4, -0.2) is 91.2 Å². The highest BCUT2D eigenvalue weighted by Crippen LogP contribution is 2.40. The van der Waals surface area contributed by atoms with Crippen molar-refractivity contribution in [3.63, 3.8) is 0 Å². The average molecular weight is 688 g/mol. The smallest absolute Gasteiger partial charge is 0.326 e. The number of nitrogens with two attached hydrogens (primary N) is 1. The molecule has 2 fully saturated rings. The SMILES string of the molecule is CC1(C)CN(S(=O)(=O)c2cc(F)cc(F)c2)Cc2c(NC(=O)c3cc(N4CCC[C@@H]4C(=O)O)c(N4CCOCC4)cc3C(N)=O)n[nH]c21. The molecule has 0 saturated carbocycles. The minimum atomic E-state index is -4.39. The largest absolute Gasteiger partial charge is 0.480 e. The van der Waals surface area contributed by atoms with Gasteiger partial charge in [0.25, 0.3) is 5.91 Å². The molecule has 256 valence electrons. The molecular weight excluding hydrogens is 652 g/mol. The van der Waals surface area contributed by atoms with Crippen molar-refractivity contribution in [2.24, 2.45) is 5.73 Å². The summed E-state index contributed by atoms with van der Waals surface area (Å²) in [4.78, 5) is 42.0. The number of hydrogen-bond acceptors (Lipinski definition) is 9. The zero-order valence-corrected chi connectivity index (χ0v) is 27.1. The summed E-state index contributed by atoms with van der Waals surface area (Å²) in [5.41, 5.74) is 6.52. The molecule has 14 nitrogen and oxygen atoms in total. The number of ether oxygens (including phenoxy) is 1. The minimum absolute atomic E-state index is 0.0211. The third kappa shape index (κ3) is 6.08. The van der Waals surface area contributed by atoms with Crippen LogP contribution in [0.2, 0.25) is 0 Å². The first kappa shape index (κ1) is 33.3. The van der Waals surface area contributed by atoms with Gasteiger partial charge in [-0.3, -0.25) is 14.7 Å². The molecule has 2 saturated heterocycles. The summed E-state index contributed by atoms with van der Waals surface area (Å²) in [6, 6.07) is 4.14. The zero-order chi connectivity index (χ0) is 34.5. The number of halogens is 2. The number of primary amides is 1. The van der Waals surface area contributed by atoms with Crippen molar-refractivity contribution in [2.45, 2.75) is 49.6 Å². The van der Waals surface area contributed by atoms with E-state index in [4.69, 9.17) is 10.5 Å². The van der Waals surface area contributed by atoms with Crippen molar-refractivity contribution in [1.82, 2.24) is 14.5 Å². The number of carboxylic acids is 1. The monoisotopic (exact) mass is 687 g/mol. The van der Waals surface area contributed by atoms with Crippen LogP contribution in [0.4, 0.5) is 26.0 Å². The fourth-order valence-corrected chi connectivity index (χ4v) is 8.29. The predicted molar refractivity (Wildman–Crippen MR) is 170 cm³/mol. The van der Waals surface area contributed by atoms with Crippen LogP contribution < -0.4 is 20.9 Å². The number of rotatable bonds is 8. The zero-order valence-electron chi connectivity index (χ0n) is 26.3. The van der Waals surface area contributed by atoms with E-state index < -0.39 is 55.8 Å². The van der Waals surface area contributed by atoms with E-state index in [1.165, 1.54) is 12.1 Å². The number of fused-ring (bicyclic) bond motifs is 1. The summed E-state index contributed by atoms with van der Waals surface area (Å²) >= 11 is 0. The summed E-state index contributed by atoms with van der Waals surface area (Å²) in [6.07, 6.45) is 1.00. The van der Waals surface area contributed by atoms with Crippen molar-refractivity contribution >= 4 is 45.0 Å². The Labute approximate surface area is 274 Å². The van der Waals surface area contributed by atoms with Crippen molar-refractivity contribution in [2.75, 3.05) is 54.5 Å². The Morgan fingerprint density at radius 3 is 2.35 bits per heavy atom. The highest BCUT2D eigenvalue weighted by atomic mass is 32.2. The number of aromatic amines is 1. The maximum absolute atomic E-state index is 14.0. The summed E-state index contributed by atoms with van der Waals surface area (Å²) in [5, 5.41) is 19.8. The van der Waals surface area contributed by atoms with Gasteiger partial charge in [-0.05, 0) is 37.1 Å². The normalized spacial score (nSPS) is 19.6. The Morgan fingerprint density at radius 2 is 1.71 bits per heavy atom. The van der Waals surface area contributed by atoms with Crippen LogP contribution in [-0.2, 0) is 31.5 Å². The van der Waals surface area contributed by atoms with Gasteiger partial charge in [-0.25, -0.2) is 22.0 Å². The second-order valence-electron chi connectivity index (χ2n) is 12.7. The van der Waals surface area contributed by atoms with Gasteiger partial charge in [-0.2, -0.15) is 9.40 Å². The molecule has 2 amide bonds. The molecule has 3 aliphatic heterocycles. The van der Waals surface area contributed by atoms with Gasteiger partial charge >= 0.3 is 5.97 Å². The van der Waals surface area contributed by atoms with E-state index in [1.807, 2.05) is 4.90 Å². The van der Waals surface area contributed by atoms with Gasteiger partial charge in [0.2, 0.25) is 15.9 Å². The number of hydrogen-bond donors (Lipinski definition) is 4. The lowest BCUT2D eigenvalue weighted by atomic mass is 9.84. The number of carbonyl (C=O) groups excluding carboxylic acids is 2. The molecule has 3 aliphatic rings. The van der Waals surface area contributed by atoms with Crippen molar-refractivity contribution in [1.29, 1.82) is 0 Å². The van der Waals surface area contributed by atoms with E-state index in [9.17, 15) is 36.7 Å². The second-order valence-corrected chi connectivity index (χ2v) is 14.6. The van der Waals surface area contributed by atoms with E-state index in [0.29, 0.717) is 74.4 Å². The number of H-pyrrole nitrogens is 1. The number of amides is 2. The van der Waals surface area contributed by atoms with Crippen molar-refractivity contribution in [3.05, 3.63) is 64.4 Å². The Balaban J connectivity index is 1.38. The Hall–Kier alpha value is -4.61. The molecule has 5 N–H and O–H groups in total. The van der Waals surface area contributed by atoms with Crippen LogP contribution in [0, 0.1) is 11.6 Å². The minimum Gasteiger partial charge on any atom is -0.480 e. The van der Waals surface area contributed by atoms with Crippen LogP contribution in [0.15, 0.2) is 35.2 Å². The first-order chi connectivity index (χ1) is 22.7. The van der Waals surface area contributed by atoms with Crippen LogP contribution in [0.25, 0.3) is 0 Å². The number of benzene rings is 2. The third-order valence-electron chi connectivity index (χ3n) is 8.98. The molecule has 0 spiro atoms. The number of carbonyl (C=O) groups is 3. The highest BCUT2D eigenvalue weighted by Gasteiger charge is 2.41. The standard InChI is InChI=1S/C31H35F2N7O7S/c1-31(2)16-39(48(45,46)19-11-17(32)10-18(33)12-19)15-22-26(31)36-37-28(22)35-29(42)21-14-25(40-5-3-4-23(40)30(43)44)24(13-20(21)27(34)41)38-6-8-47-9-7-38/h10-14,23H,3-9,15-16H2,1-2H3,(H2,34,41)(H,43,44)(H2,35,36,37,42)/t23-/m1/s1. The lowest BCUT2D eigenvalue weighted by Crippen LogP contribution is -2.45. The maximum Gasteiger partial charge on any atom is 0.326 e. The number of nitrogens with one attached hydrogen (secondary N) is 2. The van der Waals surface area contributed by atoms with E-state index in [2.05, 4.69) is 15.5 Å². The van der Waals surface area contributed by atoms with Crippen LogP contribution >= 0.6 is 0 Å². The fraction of sp³-hybridized carbons (Fsp3) is 0.419. The lowest BCUT2D eigenvalue weighted by molar-refractivity contribution is -0.138. The summed E-state index contributed by atoms with van der Waals surface area (Å²) in [5.74, 6) is -4.81. The molecule has 2 aromatic carbocycles. The number of nitrogens with zero attached hydrogens (tertiary/aromatic N) is 4. The van der Waals surface area contributed by atoms with Gasteiger partial charge in [0.05, 0.1) is 40.6 Å². The van der Waals surface area contributed by atoms with Crippen molar-refractivity contribution < 1.29 is 41.4 Å². The molecule has 0 unspecified atom stereocenters. The van der Waals surface area contributed by atoms with Crippen LogP contribution in [0.1, 0.15) is 58.7 Å². The Bertz CT molecular complexity index is 1890. The van der Waals surface area contributed by atoms with E-state index in [-0.39, 0.29) is 30.0 Å². The molecule has 0 aliphatic carbocycles. The summed E-state index contributed by atoms with van der Waals surface area (Å²) in [6.45, 7) is 5.33. The number of aliphatic carboxylic acids is 1. The van der Waals surface area contributed by atoms with Gasteiger partial charge in [-0.15, -0.1) is 0 Å². The average Bonchev–Trinajstić information content (AvgIpc) is 3.68. The number of anilines is 3. The predicted octanol–water partition coefficient (Wildman–Crippen LogP) is 2.41. The molecule has 1 atom stereocenters. The van der Waals surface area contributed by atoms with Crippen LogP contribution in [0.3, 0.4) is 0 Å². The van der Waals surface area contributed by atoms with Gasteiger partial charge < -0.3 is 30.7 Å². The van der Waals surface area contributed by atoms with Gasteiger partial charge in [-0.1, -0.05) is 13.8 Å². The number of morpholine rings is 1. The van der Waals surface area contributed by atoms with Gasteiger partial charge in [0.1, 0.15) is 17.7 Å². The number of aromatic nitrogens is 2. The van der Waals surface area contributed by atoms with Gasteiger partial charge in [0.15, 0.2) is 5.82 Å². The maximum atomic E-state index is 14.0.